The minimum Gasteiger partial charge on any atom is -0.489 e. The van der Waals surface area contributed by atoms with Crippen molar-refractivity contribution in [2.45, 2.75) is 33.0 Å². The van der Waals surface area contributed by atoms with Crippen molar-refractivity contribution in [1.82, 2.24) is 5.32 Å². The topological polar surface area (TPSA) is 21.3 Å². The fourth-order valence-electron chi connectivity index (χ4n) is 1.88. The fraction of sp³-hybridized carbons (Fsp3) is 0.294. The first-order valence-electron chi connectivity index (χ1n) is 6.83. The highest BCUT2D eigenvalue weighted by molar-refractivity contribution is 9.10. The maximum absolute atomic E-state index is 5.85. The predicted molar refractivity (Wildman–Crippen MR) is 94.1 cm³/mol. The largest absolute Gasteiger partial charge is 0.489 e. The summed E-state index contributed by atoms with van der Waals surface area (Å²) in [5.74, 6) is 0.889. The quantitative estimate of drug-likeness (QED) is 0.777. The number of halogens is 2. The summed E-state index contributed by atoms with van der Waals surface area (Å²) in [4.78, 5) is 0. The van der Waals surface area contributed by atoms with Crippen LogP contribution in [0.25, 0.3) is 0 Å². The summed E-state index contributed by atoms with van der Waals surface area (Å²) in [7, 11) is 0. The molecule has 0 aliphatic rings. The number of benzene rings is 2. The summed E-state index contributed by atoms with van der Waals surface area (Å²) in [6, 6.07) is 16.8. The van der Waals surface area contributed by atoms with E-state index < -0.39 is 0 Å². The predicted octanol–water partition coefficient (Wildman–Crippen LogP) is 4.95. The van der Waals surface area contributed by atoms with E-state index >= 15 is 0 Å². The number of hydrogen-bond donors (Lipinski definition) is 1. The lowest BCUT2D eigenvalue weighted by atomic mass is 10.1. The molecule has 2 aromatic carbocycles. The lowest BCUT2D eigenvalue weighted by Gasteiger charge is -2.13. The molecule has 21 heavy (non-hydrogen) atoms. The summed E-state index contributed by atoms with van der Waals surface area (Å²) < 4.78 is 6.91. The Morgan fingerprint density at radius 1 is 1.00 bits per heavy atom. The van der Waals surface area contributed by atoms with Crippen LogP contribution in [0.15, 0.2) is 53.0 Å². The van der Waals surface area contributed by atoms with Gasteiger partial charge in [-0.15, -0.1) is 12.4 Å². The third kappa shape index (κ3) is 6.08. The van der Waals surface area contributed by atoms with Gasteiger partial charge in [-0.3, -0.25) is 0 Å². The van der Waals surface area contributed by atoms with Gasteiger partial charge in [-0.2, -0.15) is 0 Å². The summed E-state index contributed by atoms with van der Waals surface area (Å²) in [6.45, 7) is 5.77. The maximum Gasteiger partial charge on any atom is 0.119 e. The van der Waals surface area contributed by atoms with E-state index in [0.717, 1.165) is 16.8 Å². The molecule has 0 aromatic heterocycles. The van der Waals surface area contributed by atoms with Crippen molar-refractivity contribution < 1.29 is 4.74 Å². The lowest BCUT2D eigenvalue weighted by Crippen LogP contribution is -2.22. The van der Waals surface area contributed by atoms with Crippen LogP contribution in [0.1, 0.15) is 25.0 Å². The monoisotopic (exact) mass is 369 g/mol. The Balaban J connectivity index is 0.00000220. The second-order valence-corrected chi connectivity index (χ2v) is 5.96. The smallest absolute Gasteiger partial charge is 0.119 e. The van der Waals surface area contributed by atoms with Gasteiger partial charge in [0.05, 0.1) is 0 Å². The zero-order chi connectivity index (χ0) is 14.4. The molecule has 0 amide bonds. The molecular weight excluding hydrogens is 350 g/mol. The molecule has 0 heterocycles. The second-order valence-electron chi connectivity index (χ2n) is 5.05. The zero-order valence-corrected chi connectivity index (χ0v) is 14.7. The van der Waals surface area contributed by atoms with E-state index in [2.05, 4.69) is 59.4 Å². The van der Waals surface area contributed by atoms with Gasteiger partial charge in [-0.25, -0.2) is 0 Å². The summed E-state index contributed by atoms with van der Waals surface area (Å²) >= 11 is 3.42. The average molecular weight is 371 g/mol. The standard InChI is InChI=1S/C17H20BrNO.ClH/c1-13(2)19-11-14-5-3-4-6-15(14)12-20-17-9-7-16(18)8-10-17;/h3-10,13,19H,11-12H2,1-2H3;1H. The van der Waals surface area contributed by atoms with Crippen molar-refractivity contribution in [3.63, 3.8) is 0 Å². The number of rotatable bonds is 6. The number of ether oxygens (including phenoxy) is 1. The van der Waals surface area contributed by atoms with Crippen molar-refractivity contribution in [3.8, 4) is 5.75 Å². The average Bonchev–Trinajstić information content (AvgIpc) is 2.45. The van der Waals surface area contributed by atoms with Gasteiger partial charge in [-0.1, -0.05) is 54.0 Å². The minimum absolute atomic E-state index is 0. The molecule has 0 atom stereocenters. The highest BCUT2D eigenvalue weighted by atomic mass is 79.9. The molecule has 0 saturated heterocycles. The SMILES string of the molecule is CC(C)NCc1ccccc1COc1ccc(Br)cc1.Cl. The molecule has 0 unspecified atom stereocenters. The number of nitrogens with one attached hydrogen (secondary N) is 1. The maximum atomic E-state index is 5.85. The van der Waals surface area contributed by atoms with Crippen LogP contribution in [0.2, 0.25) is 0 Å². The lowest BCUT2D eigenvalue weighted by molar-refractivity contribution is 0.304. The van der Waals surface area contributed by atoms with Gasteiger partial charge in [0.25, 0.3) is 0 Å². The van der Waals surface area contributed by atoms with E-state index in [1.165, 1.54) is 11.1 Å². The normalized spacial score (nSPS) is 10.3. The molecule has 4 heteroatoms. The van der Waals surface area contributed by atoms with Crippen LogP contribution in [0.3, 0.4) is 0 Å². The van der Waals surface area contributed by atoms with Crippen molar-refractivity contribution in [2.24, 2.45) is 0 Å². The van der Waals surface area contributed by atoms with Crippen LogP contribution in [-0.4, -0.2) is 6.04 Å². The Labute approximate surface area is 141 Å². The summed E-state index contributed by atoms with van der Waals surface area (Å²) in [5, 5.41) is 3.45. The number of hydrogen-bond acceptors (Lipinski definition) is 2. The van der Waals surface area contributed by atoms with Crippen LogP contribution in [0.5, 0.6) is 5.75 Å². The highest BCUT2D eigenvalue weighted by Crippen LogP contribution is 2.18. The summed E-state index contributed by atoms with van der Waals surface area (Å²) in [6.07, 6.45) is 0. The molecule has 2 nitrogen and oxygen atoms in total. The molecule has 2 aromatic rings. The Morgan fingerprint density at radius 2 is 1.62 bits per heavy atom. The third-order valence-corrected chi connectivity index (χ3v) is 3.56. The van der Waals surface area contributed by atoms with Gasteiger partial charge >= 0.3 is 0 Å². The van der Waals surface area contributed by atoms with Crippen molar-refractivity contribution in [2.75, 3.05) is 0 Å². The van der Waals surface area contributed by atoms with Gasteiger partial charge in [0.1, 0.15) is 12.4 Å². The second kappa shape index (κ2) is 9.08. The molecule has 1 N–H and O–H groups in total. The molecule has 0 saturated carbocycles. The van der Waals surface area contributed by atoms with E-state index in [9.17, 15) is 0 Å². The molecule has 0 bridgehead atoms. The van der Waals surface area contributed by atoms with Crippen molar-refractivity contribution in [3.05, 3.63) is 64.1 Å². The van der Waals surface area contributed by atoms with Crippen LogP contribution < -0.4 is 10.1 Å². The fourth-order valence-corrected chi connectivity index (χ4v) is 2.14. The summed E-state index contributed by atoms with van der Waals surface area (Å²) in [5.41, 5.74) is 2.52. The molecule has 2 rings (SSSR count). The molecule has 0 radical (unpaired) electrons. The molecule has 0 spiro atoms. The Hall–Kier alpha value is -1.03. The first kappa shape index (κ1) is 18.0. The zero-order valence-electron chi connectivity index (χ0n) is 12.3. The third-order valence-electron chi connectivity index (χ3n) is 3.03. The van der Waals surface area contributed by atoms with Gasteiger partial charge in [0, 0.05) is 17.1 Å². The van der Waals surface area contributed by atoms with Gasteiger partial charge in [0.2, 0.25) is 0 Å². The molecular formula is C17H21BrClNO. The molecule has 114 valence electrons. The van der Waals surface area contributed by atoms with Crippen molar-refractivity contribution >= 4 is 28.3 Å². The Bertz CT molecular complexity index is 543. The van der Waals surface area contributed by atoms with Crippen LogP contribution >= 0.6 is 28.3 Å². The molecule has 0 aliphatic heterocycles. The minimum atomic E-state index is 0. The van der Waals surface area contributed by atoms with Crippen LogP contribution in [-0.2, 0) is 13.2 Å². The van der Waals surface area contributed by atoms with E-state index in [4.69, 9.17) is 4.74 Å². The van der Waals surface area contributed by atoms with Crippen molar-refractivity contribution in [1.29, 1.82) is 0 Å². The van der Waals surface area contributed by atoms with Crippen LogP contribution in [0, 0.1) is 0 Å². The highest BCUT2D eigenvalue weighted by Gasteiger charge is 2.03. The van der Waals surface area contributed by atoms with Crippen LogP contribution in [0.4, 0.5) is 0 Å². The van der Waals surface area contributed by atoms with E-state index in [-0.39, 0.29) is 12.4 Å². The van der Waals surface area contributed by atoms with E-state index in [0.29, 0.717) is 12.6 Å². The molecule has 0 aliphatic carbocycles. The van der Waals surface area contributed by atoms with Gasteiger partial charge in [0.15, 0.2) is 0 Å². The Morgan fingerprint density at radius 3 is 2.24 bits per heavy atom. The van der Waals surface area contributed by atoms with E-state index in [1.54, 1.807) is 0 Å². The molecule has 0 fully saturated rings. The van der Waals surface area contributed by atoms with Gasteiger partial charge in [-0.05, 0) is 35.4 Å². The van der Waals surface area contributed by atoms with E-state index in [1.807, 2.05) is 24.3 Å². The Kier molecular flexibility index (Phi) is 7.79. The first-order chi connectivity index (χ1) is 9.65. The van der Waals surface area contributed by atoms with Gasteiger partial charge < -0.3 is 10.1 Å². The first-order valence-corrected chi connectivity index (χ1v) is 7.63.